The molecule has 0 aliphatic rings. The van der Waals surface area contributed by atoms with Gasteiger partial charge in [0.05, 0.1) is 17.2 Å². The van der Waals surface area contributed by atoms with E-state index in [2.05, 4.69) is 15.9 Å². The number of aliphatic carboxylic acids is 1. The maximum atomic E-state index is 10.7. The third kappa shape index (κ3) is 7.46. The first-order valence-electron chi connectivity index (χ1n) is 10.2. The number of carboxylic acids is 1. The third-order valence-corrected chi connectivity index (χ3v) is 5.47. The van der Waals surface area contributed by atoms with Gasteiger partial charge in [-0.15, -0.1) is 0 Å². The Kier molecular flexibility index (Phi) is 8.82. The second kappa shape index (κ2) is 11.8. The number of hydrogen-bond donors (Lipinski definition) is 1. The molecule has 3 aromatic rings. The fourth-order valence-electron chi connectivity index (χ4n) is 2.95. The topological polar surface area (TPSA) is 65.0 Å². The van der Waals surface area contributed by atoms with E-state index in [0.29, 0.717) is 47.5 Å². The molecule has 0 spiro atoms. The molecule has 168 valence electrons. The monoisotopic (exact) mass is 518 g/mol. The summed E-state index contributed by atoms with van der Waals surface area (Å²) in [7, 11) is 0. The molecule has 0 radical (unpaired) electrons. The normalized spacial score (nSPS) is 11.6. The molecule has 0 unspecified atom stereocenters. The number of ether oxygens (including phenoxy) is 3. The van der Waals surface area contributed by atoms with Crippen molar-refractivity contribution in [1.29, 1.82) is 0 Å². The second-order valence-corrected chi connectivity index (χ2v) is 8.52. The average molecular weight is 520 g/mol. The summed E-state index contributed by atoms with van der Waals surface area (Å²) in [4.78, 5) is 10.7. The molecule has 0 aromatic heterocycles. The largest absolute Gasteiger partial charge is 0.492 e. The first kappa shape index (κ1) is 24.0. The highest BCUT2D eigenvalue weighted by Crippen LogP contribution is 2.35. The summed E-state index contributed by atoms with van der Waals surface area (Å²) in [5.41, 5.74) is 0.942. The number of aryl methyl sites for hydroxylation is 1. The van der Waals surface area contributed by atoms with Crippen LogP contribution in [-0.2, 0) is 11.2 Å². The molecule has 0 fully saturated rings. The van der Waals surface area contributed by atoms with Crippen LogP contribution in [0.2, 0.25) is 5.02 Å². The Labute approximate surface area is 201 Å². The highest BCUT2D eigenvalue weighted by atomic mass is 79.9. The molecule has 0 saturated heterocycles. The summed E-state index contributed by atoms with van der Waals surface area (Å²) in [6, 6.07) is 20.4. The molecule has 1 atom stereocenters. The van der Waals surface area contributed by atoms with E-state index in [9.17, 15) is 4.79 Å². The van der Waals surface area contributed by atoms with Crippen LogP contribution in [0.1, 0.15) is 25.3 Å². The lowest BCUT2D eigenvalue weighted by Gasteiger charge is -2.18. The van der Waals surface area contributed by atoms with Crippen molar-refractivity contribution in [2.24, 2.45) is 0 Å². The summed E-state index contributed by atoms with van der Waals surface area (Å²) in [5, 5.41) is 9.38. The zero-order valence-electron chi connectivity index (χ0n) is 17.6. The Morgan fingerprint density at radius 2 is 1.78 bits per heavy atom. The smallest absolute Gasteiger partial charge is 0.303 e. The molecular weight excluding hydrogens is 496 g/mol. The molecule has 3 aromatic carbocycles. The summed E-state index contributed by atoms with van der Waals surface area (Å²) in [5.74, 6) is 1.75. The Bertz CT molecular complexity index is 1040. The van der Waals surface area contributed by atoms with Gasteiger partial charge >= 0.3 is 5.97 Å². The van der Waals surface area contributed by atoms with Crippen LogP contribution in [0, 0.1) is 0 Å². The van der Waals surface area contributed by atoms with Crippen LogP contribution >= 0.6 is 27.5 Å². The molecule has 0 aliphatic carbocycles. The number of benzene rings is 3. The highest BCUT2D eigenvalue weighted by Gasteiger charge is 2.12. The molecule has 0 saturated carbocycles. The lowest BCUT2D eigenvalue weighted by Crippen LogP contribution is -2.16. The van der Waals surface area contributed by atoms with Crippen molar-refractivity contribution in [3.8, 4) is 23.0 Å². The average Bonchev–Trinajstić information content (AvgIpc) is 2.76. The Hall–Kier alpha value is -2.70. The van der Waals surface area contributed by atoms with Gasteiger partial charge in [0.25, 0.3) is 0 Å². The van der Waals surface area contributed by atoms with E-state index >= 15 is 0 Å². The van der Waals surface area contributed by atoms with Crippen LogP contribution < -0.4 is 14.2 Å². The molecule has 32 heavy (non-hydrogen) atoms. The van der Waals surface area contributed by atoms with Gasteiger partial charge in [0.15, 0.2) is 11.5 Å². The molecule has 0 aliphatic heterocycles. The van der Waals surface area contributed by atoms with Crippen LogP contribution in [0.25, 0.3) is 0 Å². The predicted molar refractivity (Wildman–Crippen MR) is 128 cm³/mol. The van der Waals surface area contributed by atoms with Crippen molar-refractivity contribution in [2.75, 3.05) is 6.61 Å². The number of para-hydroxylation sites is 1. The van der Waals surface area contributed by atoms with E-state index < -0.39 is 5.97 Å². The van der Waals surface area contributed by atoms with Gasteiger partial charge in [-0.05, 0) is 71.2 Å². The van der Waals surface area contributed by atoms with Gasteiger partial charge in [0, 0.05) is 23.9 Å². The molecule has 0 amide bonds. The van der Waals surface area contributed by atoms with E-state index in [0.717, 1.165) is 10.0 Å². The molecule has 1 N–H and O–H groups in total. The maximum Gasteiger partial charge on any atom is 0.303 e. The number of rotatable bonds is 11. The SMILES string of the molecule is C[C@H](CCOc1ccc(CCC(=O)O)cc1Br)Oc1ccc(Cl)cc1Oc1ccccc1. The lowest BCUT2D eigenvalue weighted by molar-refractivity contribution is -0.136. The summed E-state index contributed by atoms with van der Waals surface area (Å²) < 4.78 is 18.7. The maximum absolute atomic E-state index is 10.7. The van der Waals surface area contributed by atoms with Gasteiger partial charge in [-0.25, -0.2) is 0 Å². The van der Waals surface area contributed by atoms with Gasteiger partial charge in [0.1, 0.15) is 11.5 Å². The third-order valence-electron chi connectivity index (χ3n) is 4.61. The standard InChI is InChI=1S/C25H24BrClO5/c1-17(13-14-30-22-10-7-18(15-21(22)26)8-12-25(28)29)31-23-11-9-19(27)16-24(23)32-20-5-3-2-4-6-20/h2-7,9-11,15-17H,8,12-14H2,1H3,(H,28,29)/t17-/m1/s1. The number of carbonyl (C=O) groups is 1. The minimum atomic E-state index is -0.812. The highest BCUT2D eigenvalue weighted by molar-refractivity contribution is 9.10. The van der Waals surface area contributed by atoms with E-state index in [-0.39, 0.29) is 12.5 Å². The van der Waals surface area contributed by atoms with Gasteiger partial charge in [-0.1, -0.05) is 35.9 Å². The Morgan fingerprint density at radius 3 is 2.50 bits per heavy atom. The molecule has 5 nitrogen and oxygen atoms in total. The molecule has 7 heteroatoms. The molecule has 3 rings (SSSR count). The van der Waals surface area contributed by atoms with Crippen molar-refractivity contribution in [3.63, 3.8) is 0 Å². The second-order valence-electron chi connectivity index (χ2n) is 7.23. The van der Waals surface area contributed by atoms with Crippen LogP contribution in [0.15, 0.2) is 71.2 Å². The van der Waals surface area contributed by atoms with Crippen LogP contribution in [-0.4, -0.2) is 23.8 Å². The van der Waals surface area contributed by atoms with E-state index in [1.54, 1.807) is 18.2 Å². The fraction of sp³-hybridized carbons (Fsp3) is 0.240. The first-order valence-corrected chi connectivity index (χ1v) is 11.4. The van der Waals surface area contributed by atoms with Gasteiger partial charge in [0.2, 0.25) is 0 Å². The van der Waals surface area contributed by atoms with E-state index in [1.165, 1.54) is 0 Å². The quantitative estimate of drug-likeness (QED) is 0.291. The predicted octanol–water partition coefficient (Wildman–Crippen LogP) is 7.15. The number of hydrogen-bond acceptors (Lipinski definition) is 4. The van der Waals surface area contributed by atoms with Crippen molar-refractivity contribution in [2.45, 2.75) is 32.3 Å². The number of halogens is 2. The van der Waals surface area contributed by atoms with Gasteiger partial charge < -0.3 is 19.3 Å². The van der Waals surface area contributed by atoms with Crippen molar-refractivity contribution < 1.29 is 24.1 Å². The lowest BCUT2D eigenvalue weighted by atomic mass is 10.1. The zero-order valence-corrected chi connectivity index (χ0v) is 19.9. The van der Waals surface area contributed by atoms with E-state index in [4.69, 9.17) is 30.9 Å². The summed E-state index contributed by atoms with van der Waals surface area (Å²) in [6.45, 7) is 2.42. The fourth-order valence-corrected chi connectivity index (χ4v) is 3.66. The molecular formula is C25H24BrClO5. The Morgan fingerprint density at radius 1 is 1.03 bits per heavy atom. The van der Waals surface area contributed by atoms with Crippen LogP contribution in [0.3, 0.4) is 0 Å². The van der Waals surface area contributed by atoms with Crippen molar-refractivity contribution in [3.05, 3.63) is 81.8 Å². The van der Waals surface area contributed by atoms with Gasteiger partial charge in [-0.2, -0.15) is 0 Å². The Balaban J connectivity index is 1.54. The van der Waals surface area contributed by atoms with E-state index in [1.807, 2.05) is 55.5 Å². The van der Waals surface area contributed by atoms with Crippen LogP contribution in [0.5, 0.6) is 23.0 Å². The number of carboxylic acid groups (broad SMARTS) is 1. The van der Waals surface area contributed by atoms with Crippen molar-refractivity contribution >= 4 is 33.5 Å². The van der Waals surface area contributed by atoms with Crippen molar-refractivity contribution in [1.82, 2.24) is 0 Å². The minimum absolute atomic E-state index is 0.0994. The first-order chi connectivity index (χ1) is 15.4. The van der Waals surface area contributed by atoms with Gasteiger partial charge in [-0.3, -0.25) is 4.79 Å². The molecule has 0 bridgehead atoms. The summed E-state index contributed by atoms with van der Waals surface area (Å²) >= 11 is 9.63. The van der Waals surface area contributed by atoms with Crippen LogP contribution in [0.4, 0.5) is 0 Å². The summed E-state index contributed by atoms with van der Waals surface area (Å²) in [6.07, 6.45) is 1.11. The molecule has 0 heterocycles. The minimum Gasteiger partial charge on any atom is -0.492 e. The zero-order chi connectivity index (χ0) is 22.9.